The first kappa shape index (κ1) is 30.1. The number of fused-ring (bicyclic) bond motifs is 1. The van der Waals surface area contributed by atoms with Crippen LogP contribution in [0.4, 0.5) is 17.5 Å². The van der Waals surface area contributed by atoms with Crippen LogP contribution in [0.15, 0.2) is 72.9 Å². The van der Waals surface area contributed by atoms with Crippen LogP contribution in [0.25, 0.3) is 0 Å². The standard InChI is InChI=1S/C31H31N5O5.ClH/c1-4-36-22-13-9-10-18(16-19-17-34-30(33)35-28(19)32)25(22)27(37)31(29(38)39,21-12-6-8-15-24(21)41-3)26(36)20-11-5-7-14-23(20)40-2;/h5-15,17,26H,4,16H2,1-3H3,(H,38,39)(H4,32,33,34,35);1H. The number of halogens is 1. The fourth-order valence-corrected chi connectivity index (χ4v) is 5.92. The number of anilines is 3. The number of carbonyl (C=O) groups excluding carboxylic acids is 1. The maximum atomic E-state index is 15.1. The maximum absolute atomic E-state index is 15.1. The highest BCUT2D eigenvalue weighted by Gasteiger charge is 2.62. The molecule has 0 saturated heterocycles. The summed E-state index contributed by atoms with van der Waals surface area (Å²) in [7, 11) is 2.98. The van der Waals surface area contributed by atoms with E-state index < -0.39 is 23.2 Å². The molecule has 0 spiro atoms. The van der Waals surface area contributed by atoms with Crippen molar-refractivity contribution in [2.24, 2.45) is 0 Å². The zero-order valence-electron chi connectivity index (χ0n) is 23.4. The molecule has 0 bridgehead atoms. The number of carbonyl (C=O) groups is 2. The van der Waals surface area contributed by atoms with E-state index in [9.17, 15) is 9.90 Å². The Morgan fingerprint density at radius 2 is 1.64 bits per heavy atom. The van der Waals surface area contributed by atoms with Crippen LogP contribution in [0.3, 0.4) is 0 Å². The number of nitrogens with zero attached hydrogens (tertiary/aromatic N) is 3. The number of aliphatic carboxylic acids is 1. The van der Waals surface area contributed by atoms with Gasteiger partial charge in [0.2, 0.25) is 5.95 Å². The van der Waals surface area contributed by atoms with Gasteiger partial charge in [0.25, 0.3) is 0 Å². The van der Waals surface area contributed by atoms with Gasteiger partial charge >= 0.3 is 5.97 Å². The lowest BCUT2D eigenvalue weighted by atomic mass is 9.63. The van der Waals surface area contributed by atoms with Gasteiger partial charge in [-0.05, 0) is 30.7 Å². The topological polar surface area (TPSA) is 154 Å². The number of hydrogen-bond acceptors (Lipinski definition) is 9. The third-order valence-electron chi connectivity index (χ3n) is 7.69. The number of rotatable bonds is 8. The second-order valence-electron chi connectivity index (χ2n) is 9.70. The number of carboxylic acids is 1. The molecule has 0 radical (unpaired) electrons. The zero-order chi connectivity index (χ0) is 29.3. The number of Topliss-reactive ketones (excluding diaryl/α,β-unsaturated/α-hetero) is 1. The Labute approximate surface area is 249 Å². The molecule has 2 atom stereocenters. The fraction of sp³-hybridized carbons (Fsp3) is 0.226. The molecule has 0 amide bonds. The molecule has 4 aromatic rings. The number of para-hydroxylation sites is 2. The minimum Gasteiger partial charge on any atom is -0.496 e. The molecular formula is C31H32ClN5O5. The molecular weight excluding hydrogens is 558 g/mol. The molecule has 1 aliphatic rings. The van der Waals surface area contributed by atoms with Crippen LogP contribution in [-0.4, -0.2) is 47.6 Å². The molecule has 2 unspecified atom stereocenters. The number of hydrogen-bond donors (Lipinski definition) is 3. The van der Waals surface area contributed by atoms with Crippen LogP contribution in [0.2, 0.25) is 0 Å². The number of aromatic nitrogens is 2. The van der Waals surface area contributed by atoms with Crippen molar-refractivity contribution in [1.29, 1.82) is 0 Å². The average Bonchev–Trinajstić information content (AvgIpc) is 2.98. The Bertz CT molecular complexity index is 1650. The normalized spacial score (nSPS) is 17.6. The lowest BCUT2D eigenvalue weighted by molar-refractivity contribution is -0.143. The Balaban J connectivity index is 0.00000405. The SMILES string of the molecule is CCN1c2cccc(Cc3cnc(N)nc3N)c2C(=O)C(C(=O)O)(c2ccccc2OC)C1c1ccccc1OC.Cl. The lowest BCUT2D eigenvalue weighted by Gasteiger charge is -2.49. The van der Waals surface area contributed by atoms with Gasteiger partial charge in [0.05, 0.1) is 20.3 Å². The second kappa shape index (κ2) is 12.0. The monoisotopic (exact) mass is 589 g/mol. The Kier molecular flexibility index (Phi) is 8.58. The van der Waals surface area contributed by atoms with Crippen LogP contribution >= 0.6 is 12.4 Å². The first-order valence-corrected chi connectivity index (χ1v) is 13.1. The molecule has 11 heteroatoms. The minimum atomic E-state index is -2.11. The number of benzene rings is 3. The van der Waals surface area contributed by atoms with Gasteiger partial charge in [0, 0.05) is 47.1 Å². The highest BCUT2D eigenvalue weighted by molar-refractivity contribution is 6.22. The molecule has 5 N–H and O–H groups in total. The summed E-state index contributed by atoms with van der Waals surface area (Å²) >= 11 is 0. The number of nitrogens with two attached hydrogens (primary N) is 2. The van der Waals surface area contributed by atoms with E-state index in [-0.39, 0.29) is 47.5 Å². The Hall–Kier alpha value is -4.83. The molecule has 1 aliphatic heterocycles. The summed E-state index contributed by atoms with van der Waals surface area (Å²) in [6.07, 6.45) is 1.71. The van der Waals surface area contributed by atoms with Gasteiger partial charge in [-0.25, -0.2) is 4.98 Å². The van der Waals surface area contributed by atoms with Crippen molar-refractivity contribution in [3.63, 3.8) is 0 Å². The zero-order valence-corrected chi connectivity index (χ0v) is 24.2. The summed E-state index contributed by atoms with van der Waals surface area (Å²) in [4.78, 5) is 38.9. The van der Waals surface area contributed by atoms with E-state index in [2.05, 4.69) is 9.97 Å². The van der Waals surface area contributed by atoms with Crippen LogP contribution in [0, 0.1) is 0 Å². The average molecular weight is 590 g/mol. The van der Waals surface area contributed by atoms with Crippen LogP contribution < -0.4 is 25.8 Å². The summed E-state index contributed by atoms with van der Waals surface area (Å²) in [5.74, 6) is -0.901. The van der Waals surface area contributed by atoms with E-state index >= 15 is 4.79 Å². The molecule has 0 aliphatic carbocycles. The van der Waals surface area contributed by atoms with E-state index in [0.29, 0.717) is 34.7 Å². The van der Waals surface area contributed by atoms with Crippen molar-refractivity contribution < 1.29 is 24.2 Å². The van der Waals surface area contributed by atoms with Crippen molar-refractivity contribution >= 4 is 41.6 Å². The number of ketones is 1. The number of likely N-dealkylation sites (N-methyl/N-ethyl adjacent to an activating group) is 1. The van der Waals surface area contributed by atoms with Gasteiger partial charge in [0.15, 0.2) is 11.2 Å². The molecule has 0 saturated carbocycles. The quantitative estimate of drug-likeness (QED) is 0.251. The van der Waals surface area contributed by atoms with Crippen molar-refractivity contribution in [3.05, 3.63) is 101 Å². The van der Waals surface area contributed by atoms with Crippen LogP contribution in [-0.2, 0) is 16.6 Å². The predicted octanol–water partition coefficient (Wildman–Crippen LogP) is 4.46. The summed E-state index contributed by atoms with van der Waals surface area (Å²) in [6.45, 7) is 2.32. The molecule has 0 fully saturated rings. The summed E-state index contributed by atoms with van der Waals surface area (Å²) < 4.78 is 11.4. The van der Waals surface area contributed by atoms with Crippen molar-refractivity contribution in [2.75, 3.05) is 37.1 Å². The van der Waals surface area contributed by atoms with Crippen LogP contribution in [0.1, 0.15) is 45.6 Å². The van der Waals surface area contributed by atoms with Crippen LogP contribution in [0.5, 0.6) is 11.5 Å². The van der Waals surface area contributed by atoms with Gasteiger partial charge in [-0.1, -0.05) is 48.5 Å². The van der Waals surface area contributed by atoms with E-state index in [4.69, 9.17) is 20.9 Å². The van der Waals surface area contributed by atoms with Crippen molar-refractivity contribution in [1.82, 2.24) is 9.97 Å². The third-order valence-corrected chi connectivity index (χ3v) is 7.69. The Morgan fingerprint density at radius 1 is 0.976 bits per heavy atom. The van der Waals surface area contributed by atoms with Gasteiger partial charge in [0.1, 0.15) is 17.3 Å². The van der Waals surface area contributed by atoms with Crippen molar-refractivity contribution in [2.45, 2.75) is 24.8 Å². The Morgan fingerprint density at radius 3 is 2.29 bits per heavy atom. The summed E-state index contributed by atoms with van der Waals surface area (Å²) in [5, 5.41) is 11.2. The maximum Gasteiger partial charge on any atom is 0.324 e. The molecule has 1 aromatic heterocycles. The smallest absolute Gasteiger partial charge is 0.324 e. The third kappa shape index (κ3) is 4.63. The summed E-state index contributed by atoms with van der Waals surface area (Å²) in [5.41, 5.74) is 12.6. The molecule has 218 valence electrons. The first-order valence-electron chi connectivity index (χ1n) is 13.1. The highest BCUT2D eigenvalue weighted by atomic mass is 35.5. The van der Waals surface area contributed by atoms with E-state index in [1.54, 1.807) is 54.6 Å². The van der Waals surface area contributed by atoms with E-state index in [1.165, 1.54) is 20.4 Å². The summed E-state index contributed by atoms with van der Waals surface area (Å²) in [6, 6.07) is 18.4. The van der Waals surface area contributed by atoms with Gasteiger partial charge in [-0.3, -0.25) is 9.59 Å². The second-order valence-corrected chi connectivity index (χ2v) is 9.70. The highest BCUT2D eigenvalue weighted by Crippen LogP contribution is 2.55. The lowest BCUT2D eigenvalue weighted by Crippen LogP contribution is -2.58. The largest absolute Gasteiger partial charge is 0.496 e. The number of carboxylic acid groups (broad SMARTS) is 1. The molecule has 5 rings (SSSR count). The van der Waals surface area contributed by atoms with E-state index in [1.807, 2.05) is 24.0 Å². The number of nitrogen functional groups attached to an aromatic ring is 2. The van der Waals surface area contributed by atoms with Gasteiger partial charge in [-0.15, -0.1) is 12.4 Å². The predicted molar refractivity (Wildman–Crippen MR) is 163 cm³/mol. The minimum absolute atomic E-state index is 0. The van der Waals surface area contributed by atoms with Gasteiger partial charge in [-0.2, -0.15) is 4.98 Å². The fourth-order valence-electron chi connectivity index (χ4n) is 5.92. The molecule has 10 nitrogen and oxygen atoms in total. The molecule has 2 heterocycles. The molecule has 42 heavy (non-hydrogen) atoms. The van der Waals surface area contributed by atoms with E-state index in [0.717, 1.165) is 0 Å². The number of ether oxygens (including phenoxy) is 2. The molecule has 3 aromatic carbocycles. The number of methoxy groups -OCH3 is 2. The van der Waals surface area contributed by atoms with Gasteiger partial charge < -0.3 is 30.9 Å². The van der Waals surface area contributed by atoms with Crippen molar-refractivity contribution in [3.8, 4) is 11.5 Å². The first-order chi connectivity index (χ1) is 19.8.